The molecule has 0 saturated carbocycles. The fourth-order valence-corrected chi connectivity index (χ4v) is 2.54. The van der Waals surface area contributed by atoms with E-state index in [1.807, 2.05) is 6.07 Å². The average molecular weight is 328 g/mol. The highest BCUT2D eigenvalue weighted by molar-refractivity contribution is 5.93. The second-order valence-corrected chi connectivity index (χ2v) is 5.06. The van der Waals surface area contributed by atoms with Gasteiger partial charge in [0.15, 0.2) is 11.5 Å². The van der Waals surface area contributed by atoms with Crippen LogP contribution in [0.2, 0.25) is 0 Å². The molecule has 0 fully saturated rings. The number of ether oxygens (including phenoxy) is 3. The van der Waals surface area contributed by atoms with Crippen molar-refractivity contribution in [3.63, 3.8) is 0 Å². The molecule has 24 heavy (non-hydrogen) atoms. The lowest BCUT2D eigenvalue weighted by Crippen LogP contribution is -1.98. The second kappa shape index (κ2) is 6.62. The molecule has 0 spiro atoms. The van der Waals surface area contributed by atoms with Crippen LogP contribution in [0.3, 0.4) is 0 Å². The van der Waals surface area contributed by atoms with Crippen molar-refractivity contribution in [2.45, 2.75) is 0 Å². The quantitative estimate of drug-likeness (QED) is 0.763. The molecule has 0 unspecified atom stereocenters. The molecular formula is C18H17FN2O3. The Morgan fingerprint density at radius 3 is 2.25 bits per heavy atom. The summed E-state index contributed by atoms with van der Waals surface area (Å²) in [6.45, 7) is 0. The number of methoxy groups -OCH3 is 3. The van der Waals surface area contributed by atoms with Crippen molar-refractivity contribution >= 4 is 22.3 Å². The van der Waals surface area contributed by atoms with E-state index in [9.17, 15) is 4.39 Å². The van der Waals surface area contributed by atoms with Crippen LogP contribution in [0.4, 0.5) is 15.8 Å². The van der Waals surface area contributed by atoms with Gasteiger partial charge in [-0.25, -0.2) is 4.39 Å². The standard InChI is InChI=1S/C18H17FN2O3/c1-22-16-9-12(10-17(23-2)18(16)24-3)21-14-6-7-20-15-8-11(19)4-5-13(14)15/h4-10H,1-3H3,(H,20,21). The van der Waals surface area contributed by atoms with Gasteiger partial charge in [0.1, 0.15) is 5.82 Å². The van der Waals surface area contributed by atoms with Crippen molar-refractivity contribution in [1.29, 1.82) is 0 Å². The summed E-state index contributed by atoms with van der Waals surface area (Å²) in [4.78, 5) is 4.19. The number of hydrogen-bond donors (Lipinski definition) is 1. The van der Waals surface area contributed by atoms with Crippen molar-refractivity contribution in [2.75, 3.05) is 26.6 Å². The number of pyridine rings is 1. The third-order valence-electron chi connectivity index (χ3n) is 3.65. The van der Waals surface area contributed by atoms with Crippen molar-refractivity contribution in [2.24, 2.45) is 0 Å². The minimum absolute atomic E-state index is 0.320. The molecule has 0 atom stereocenters. The van der Waals surface area contributed by atoms with Gasteiger partial charge in [-0.05, 0) is 18.2 Å². The monoisotopic (exact) mass is 328 g/mol. The minimum atomic E-state index is -0.320. The van der Waals surface area contributed by atoms with Crippen molar-refractivity contribution in [1.82, 2.24) is 4.98 Å². The number of rotatable bonds is 5. The van der Waals surface area contributed by atoms with E-state index in [1.165, 1.54) is 12.1 Å². The highest BCUT2D eigenvalue weighted by atomic mass is 19.1. The lowest BCUT2D eigenvalue weighted by Gasteiger charge is -2.15. The lowest BCUT2D eigenvalue weighted by atomic mass is 10.1. The number of halogens is 1. The molecule has 124 valence electrons. The fraction of sp³-hybridized carbons (Fsp3) is 0.167. The largest absolute Gasteiger partial charge is 0.493 e. The Bertz CT molecular complexity index is 858. The van der Waals surface area contributed by atoms with Crippen LogP contribution in [0.15, 0.2) is 42.6 Å². The molecule has 1 heterocycles. The van der Waals surface area contributed by atoms with Gasteiger partial charge in [0.05, 0.1) is 26.8 Å². The highest BCUT2D eigenvalue weighted by Crippen LogP contribution is 2.41. The van der Waals surface area contributed by atoms with Crippen molar-refractivity contribution < 1.29 is 18.6 Å². The van der Waals surface area contributed by atoms with Crippen molar-refractivity contribution in [3.05, 3.63) is 48.4 Å². The van der Waals surface area contributed by atoms with Gasteiger partial charge in [0.25, 0.3) is 0 Å². The number of benzene rings is 2. The van der Waals surface area contributed by atoms with Gasteiger partial charge in [-0.2, -0.15) is 0 Å². The van der Waals surface area contributed by atoms with E-state index in [-0.39, 0.29) is 5.82 Å². The molecule has 6 heteroatoms. The highest BCUT2D eigenvalue weighted by Gasteiger charge is 2.14. The van der Waals surface area contributed by atoms with Gasteiger partial charge in [-0.1, -0.05) is 0 Å². The molecule has 0 radical (unpaired) electrons. The van der Waals surface area contributed by atoms with Crippen LogP contribution in [0.1, 0.15) is 0 Å². The summed E-state index contributed by atoms with van der Waals surface area (Å²) in [6.07, 6.45) is 1.63. The van der Waals surface area contributed by atoms with E-state index in [2.05, 4.69) is 10.3 Å². The molecule has 0 amide bonds. The van der Waals surface area contributed by atoms with Gasteiger partial charge in [0, 0.05) is 41.2 Å². The van der Waals surface area contributed by atoms with Crippen LogP contribution in [-0.2, 0) is 0 Å². The second-order valence-electron chi connectivity index (χ2n) is 5.06. The summed E-state index contributed by atoms with van der Waals surface area (Å²) >= 11 is 0. The van der Waals surface area contributed by atoms with Crippen LogP contribution in [0, 0.1) is 5.82 Å². The smallest absolute Gasteiger partial charge is 0.203 e. The normalized spacial score (nSPS) is 10.5. The first kappa shape index (κ1) is 15.9. The zero-order valence-electron chi connectivity index (χ0n) is 13.6. The van der Waals surface area contributed by atoms with E-state index in [1.54, 1.807) is 45.7 Å². The third-order valence-corrected chi connectivity index (χ3v) is 3.65. The Morgan fingerprint density at radius 2 is 1.62 bits per heavy atom. The Morgan fingerprint density at radius 1 is 0.917 bits per heavy atom. The van der Waals surface area contributed by atoms with Gasteiger partial charge >= 0.3 is 0 Å². The molecule has 3 rings (SSSR count). The van der Waals surface area contributed by atoms with Crippen molar-refractivity contribution in [3.8, 4) is 17.2 Å². The van der Waals surface area contributed by atoms with Crippen LogP contribution in [-0.4, -0.2) is 26.3 Å². The summed E-state index contributed by atoms with van der Waals surface area (Å²) in [7, 11) is 4.68. The Hall–Kier alpha value is -3.02. The summed E-state index contributed by atoms with van der Waals surface area (Å²) in [5.41, 5.74) is 2.13. The number of nitrogens with one attached hydrogen (secondary N) is 1. The summed E-state index contributed by atoms with van der Waals surface area (Å²) in [5.74, 6) is 1.29. The predicted octanol–water partition coefficient (Wildman–Crippen LogP) is 4.14. The van der Waals surface area contributed by atoms with E-state index < -0.39 is 0 Å². The molecule has 0 bridgehead atoms. The van der Waals surface area contributed by atoms with Gasteiger partial charge in [0.2, 0.25) is 5.75 Å². The predicted molar refractivity (Wildman–Crippen MR) is 91.1 cm³/mol. The number of fused-ring (bicyclic) bond motifs is 1. The Kier molecular flexibility index (Phi) is 4.37. The van der Waals surface area contributed by atoms with E-state index >= 15 is 0 Å². The molecule has 2 aromatic carbocycles. The average Bonchev–Trinajstić information content (AvgIpc) is 2.60. The maximum absolute atomic E-state index is 13.4. The Balaban J connectivity index is 2.05. The summed E-state index contributed by atoms with van der Waals surface area (Å²) < 4.78 is 29.4. The van der Waals surface area contributed by atoms with Gasteiger partial charge in [-0.15, -0.1) is 0 Å². The first-order valence-electron chi connectivity index (χ1n) is 7.27. The maximum Gasteiger partial charge on any atom is 0.203 e. The molecular weight excluding hydrogens is 311 g/mol. The van der Waals surface area contributed by atoms with Crippen LogP contribution < -0.4 is 19.5 Å². The third kappa shape index (κ3) is 2.90. The fourth-order valence-electron chi connectivity index (χ4n) is 2.54. The molecule has 1 N–H and O–H groups in total. The maximum atomic E-state index is 13.4. The number of hydrogen-bond acceptors (Lipinski definition) is 5. The molecule has 5 nitrogen and oxygen atoms in total. The van der Waals surface area contributed by atoms with Crippen LogP contribution >= 0.6 is 0 Å². The molecule has 0 aliphatic heterocycles. The molecule has 3 aromatic rings. The number of anilines is 2. The summed E-state index contributed by atoms with van der Waals surface area (Å²) in [6, 6.07) is 9.93. The Labute approximate surface area is 139 Å². The topological polar surface area (TPSA) is 52.6 Å². The molecule has 1 aromatic heterocycles. The minimum Gasteiger partial charge on any atom is -0.493 e. The van der Waals surface area contributed by atoms with Gasteiger partial charge in [-0.3, -0.25) is 4.98 Å². The SMILES string of the molecule is COc1cc(Nc2ccnc3cc(F)ccc23)cc(OC)c1OC. The van der Waals surface area contributed by atoms with Gasteiger partial charge < -0.3 is 19.5 Å². The van der Waals surface area contributed by atoms with E-state index in [4.69, 9.17) is 14.2 Å². The van der Waals surface area contributed by atoms with E-state index in [0.717, 1.165) is 16.8 Å². The zero-order valence-corrected chi connectivity index (χ0v) is 13.6. The first-order chi connectivity index (χ1) is 11.7. The first-order valence-corrected chi connectivity index (χ1v) is 7.27. The van der Waals surface area contributed by atoms with Crippen LogP contribution in [0.25, 0.3) is 10.9 Å². The summed E-state index contributed by atoms with van der Waals surface area (Å²) in [5, 5.41) is 4.10. The molecule has 0 aliphatic carbocycles. The molecule has 0 aliphatic rings. The van der Waals surface area contributed by atoms with Crippen LogP contribution in [0.5, 0.6) is 17.2 Å². The van der Waals surface area contributed by atoms with E-state index in [0.29, 0.717) is 22.8 Å². The molecule has 0 saturated heterocycles. The zero-order chi connectivity index (χ0) is 17.1. The lowest BCUT2D eigenvalue weighted by molar-refractivity contribution is 0.324. The number of aromatic nitrogens is 1. The number of nitrogens with zero attached hydrogens (tertiary/aromatic N) is 1.